The molecule has 5 heterocycles. The number of nitrogens with zero attached hydrogens (tertiary/aromatic N) is 6. The van der Waals surface area contributed by atoms with E-state index in [4.69, 9.17) is 10.1 Å². The molecule has 186 valence electrons. The first-order chi connectivity index (χ1) is 17.3. The lowest BCUT2D eigenvalue weighted by Crippen LogP contribution is -2.39. The Morgan fingerprint density at radius 1 is 0.917 bits per heavy atom. The van der Waals surface area contributed by atoms with E-state index in [2.05, 4.69) is 45.7 Å². The molecule has 0 aromatic carbocycles. The van der Waals surface area contributed by atoms with Gasteiger partial charge in [0.05, 0.1) is 29.3 Å². The van der Waals surface area contributed by atoms with E-state index in [0.717, 1.165) is 59.6 Å². The molecule has 1 aliphatic heterocycles. The second-order valence-electron chi connectivity index (χ2n) is 10.4. The Labute approximate surface area is 212 Å². The molecular weight excluding hydrogens is 448 g/mol. The first kappa shape index (κ1) is 24.3. The van der Waals surface area contributed by atoms with E-state index < -0.39 is 5.60 Å². The number of likely N-dealkylation sites (tertiary alicyclic amines) is 1. The van der Waals surface area contributed by atoms with Crippen LogP contribution in [0, 0.1) is 0 Å². The molecular formula is C29H34N6O. The van der Waals surface area contributed by atoms with Gasteiger partial charge in [0.1, 0.15) is 5.60 Å². The Hall–Kier alpha value is -3.42. The fourth-order valence-corrected chi connectivity index (χ4v) is 4.77. The Kier molecular flexibility index (Phi) is 6.69. The molecule has 0 aliphatic carbocycles. The number of pyridine rings is 3. The molecule has 0 atom stereocenters. The molecule has 0 spiro atoms. The van der Waals surface area contributed by atoms with Gasteiger partial charge >= 0.3 is 0 Å². The molecule has 7 heteroatoms. The summed E-state index contributed by atoms with van der Waals surface area (Å²) >= 11 is 0. The predicted molar refractivity (Wildman–Crippen MR) is 142 cm³/mol. The minimum atomic E-state index is -1.09. The van der Waals surface area contributed by atoms with Crippen LogP contribution in [-0.4, -0.2) is 53.9 Å². The van der Waals surface area contributed by atoms with E-state index in [1.54, 1.807) is 20.0 Å². The van der Waals surface area contributed by atoms with Crippen molar-refractivity contribution in [2.45, 2.75) is 58.2 Å². The Balaban J connectivity index is 1.45. The monoisotopic (exact) mass is 482 g/mol. The summed E-state index contributed by atoms with van der Waals surface area (Å²) in [5.41, 5.74) is 4.94. The van der Waals surface area contributed by atoms with Crippen LogP contribution in [0.4, 0.5) is 0 Å². The van der Waals surface area contributed by atoms with Crippen LogP contribution < -0.4 is 0 Å². The largest absolute Gasteiger partial charge is 0.384 e. The Morgan fingerprint density at radius 2 is 1.67 bits per heavy atom. The van der Waals surface area contributed by atoms with Crippen LogP contribution >= 0.6 is 0 Å². The third-order valence-corrected chi connectivity index (χ3v) is 6.99. The fraction of sp³-hybridized carbons (Fsp3) is 0.379. The smallest absolute Gasteiger partial charge is 0.101 e. The summed E-state index contributed by atoms with van der Waals surface area (Å²) < 4.78 is 2.12. The van der Waals surface area contributed by atoms with Crippen molar-refractivity contribution in [1.29, 1.82) is 0 Å². The molecule has 4 aromatic rings. The zero-order chi connectivity index (χ0) is 25.3. The summed E-state index contributed by atoms with van der Waals surface area (Å²) in [6.07, 6.45) is 11.8. The van der Waals surface area contributed by atoms with E-state index in [1.807, 2.05) is 48.9 Å². The average Bonchev–Trinajstić information content (AvgIpc) is 3.39. The van der Waals surface area contributed by atoms with Gasteiger partial charge in [-0.25, -0.2) is 4.98 Å². The van der Waals surface area contributed by atoms with E-state index in [1.165, 1.54) is 0 Å². The van der Waals surface area contributed by atoms with Gasteiger partial charge in [0, 0.05) is 60.6 Å². The molecule has 1 fully saturated rings. The summed E-state index contributed by atoms with van der Waals surface area (Å²) in [4.78, 5) is 16.2. The molecule has 1 N–H and O–H groups in total. The lowest BCUT2D eigenvalue weighted by atomic mass is 9.97. The molecule has 4 aromatic heterocycles. The van der Waals surface area contributed by atoms with Crippen molar-refractivity contribution in [3.05, 3.63) is 73.1 Å². The van der Waals surface area contributed by atoms with Gasteiger partial charge in [0.25, 0.3) is 0 Å². The molecule has 7 nitrogen and oxygen atoms in total. The van der Waals surface area contributed by atoms with Gasteiger partial charge in [-0.3, -0.25) is 14.6 Å². The van der Waals surface area contributed by atoms with E-state index >= 15 is 0 Å². The maximum Gasteiger partial charge on any atom is 0.101 e. The third kappa shape index (κ3) is 5.22. The average molecular weight is 483 g/mol. The fourth-order valence-electron chi connectivity index (χ4n) is 4.77. The SMILES string of the molecule is CC(C)N1CCC(n2cc(-c3cncc(-c4cc(-c5ccccn5)nc(C(C)(C)O)c4)c3)cn2)CC1. The van der Waals surface area contributed by atoms with Gasteiger partial charge in [-0.2, -0.15) is 5.10 Å². The van der Waals surface area contributed by atoms with E-state index in [-0.39, 0.29) is 0 Å². The van der Waals surface area contributed by atoms with Gasteiger partial charge in [0.15, 0.2) is 0 Å². The summed E-state index contributed by atoms with van der Waals surface area (Å²) in [5, 5.41) is 15.4. The van der Waals surface area contributed by atoms with Crippen LogP contribution in [0.3, 0.4) is 0 Å². The number of hydrogen-bond donors (Lipinski definition) is 1. The van der Waals surface area contributed by atoms with Crippen LogP contribution in [-0.2, 0) is 5.60 Å². The second kappa shape index (κ2) is 9.91. The van der Waals surface area contributed by atoms with Crippen molar-refractivity contribution >= 4 is 0 Å². The van der Waals surface area contributed by atoms with Crippen molar-refractivity contribution in [2.75, 3.05) is 13.1 Å². The first-order valence-electron chi connectivity index (χ1n) is 12.7. The Morgan fingerprint density at radius 3 is 2.33 bits per heavy atom. The predicted octanol–water partition coefficient (Wildman–Crippen LogP) is 5.34. The number of piperidine rings is 1. The molecule has 1 aliphatic rings. The maximum atomic E-state index is 10.7. The van der Waals surface area contributed by atoms with Crippen LogP contribution in [0.5, 0.6) is 0 Å². The zero-order valence-electron chi connectivity index (χ0n) is 21.5. The van der Waals surface area contributed by atoms with Crippen molar-refractivity contribution in [3.8, 4) is 33.6 Å². The number of aliphatic hydroxyl groups is 1. The molecule has 0 radical (unpaired) electrons. The van der Waals surface area contributed by atoms with Crippen molar-refractivity contribution in [2.24, 2.45) is 0 Å². The summed E-state index contributed by atoms with van der Waals surface area (Å²) in [7, 11) is 0. The number of rotatable bonds is 6. The van der Waals surface area contributed by atoms with E-state index in [9.17, 15) is 5.11 Å². The standard InChI is InChI=1S/C29H34N6O/c1-20(2)34-11-8-25(9-12-34)35-19-24(18-32-35)23-13-22(16-30-17-23)21-14-27(26-7-5-6-10-31-26)33-28(15-21)29(3,4)36/h5-7,10,13-20,25,36H,8-9,11-12H2,1-4H3. The third-order valence-electron chi connectivity index (χ3n) is 6.99. The van der Waals surface area contributed by atoms with Gasteiger partial charge < -0.3 is 10.0 Å². The van der Waals surface area contributed by atoms with E-state index in [0.29, 0.717) is 17.8 Å². The van der Waals surface area contributed by atoms with Gasteiger partial charge in [-0.1, -0.05) is 6.07 Å². The highest BCUT2D eigenvalue weighted by Crippen LogP contribution is 2.32. The van der Waals surface area contributed by atoms with Gasteiger partial charge in [-0.15, -0.1) is 0 Å². The molecule has 5 rings (SSSR count). The first-order valence-corrected chi connectivity index (χ1v) is 12.7. The van der Waals surface area contributed by atoms with Crippen molar-refractivity contribution in [1.82, 2.24) is 29.6 Å². The van der Waals surface area contributed by atoms with Crippen molar-refractivity contribution < 1.29 is 5.11 Å². The van der Waals surface area contributed by atoms with Gasteiger partial charge in [-0.05, 0) is 76.4 Å². The molecule has 1 saturated heterocycles. The van der Waals surface area contributed by atoms with Crippen molar-refractivity contribution in [3.63, 3.8) is 0 Å². The topological polar surface area (TPSA) is 80.0 Å². The number of hydrogen-bond acceptors (Lipinski definition) is 6. The van der Waals surface area contributed by atoms with Crippen LogP contribution in [0.25, 0.3) is 33.6 Å². The quantitative estimate of drug-likeness (QED) is 0.399. The lowest BCUT2D eigenvalue weighted by molar-refractivity contribution is 0.0740. The summed E-state index contributed by atoms with van der Waals surface area (Å²) in [6, 6.07) is 12.8. The van der Waals surface area contributed by atoms with Gasteiger partial charge in [0.2, 0.25) is 0 Å². The van der Waals surface area contributed by atoms with Crippen LogP contribution in [0.2, 0.25) is 0 Å². The van der Waals surface area contributed by atoms with Crippen LogP contribution in [0.15, 0.2) is 67.4 Å². The molecule has 0 bridgehead atoms. The highest BCUT2D eigenvalue weighted by molar-refractivity contribution is 5.74. The normalized spacial score (nSPS) is 15.5. The molecule has 0 unspecified atom stereocenters. The number of aromatic nitrogens is 5. The highest BCUT2D eigenvalue weighted by Gasteiger charge is 2.23. The zero-order valence-corrected chi connectivity index (χ0v) is 21.5. The summed E-state index contributed by atoms with van der Waals surface area (Å²) in [5.74, 6) is 0. The maximum absolute atomic E-state index is 10.7. The van der Waals surface area contributed by atoms with Crippen LogP contribution in [0.1, 0.15) is 52.3 Å². The lowest BCUT2D eigenvalue weighted by Gasteiger charge is -2.34. The molecule has 0 saturated carbocycles. The molecule has 0 amide bonds. The second-order valence-corrected chi connectivity index (χ2v) is 10.4. The minimum Gasteiger partial charge on any atom is -0.384 e. The highest BCUT2D eigenvalue weighted by atomic mass is 16.3. The summed E-state index contributed by atoms with van der Waals surface area (Å²) in [6.45, 7) is 10.2. The molecule has 36 heavy (non-hydrogen) atoms. The Bertz CT molecular complexity index is 1320. The minimum absolute atomic E-state index is 0.431.